The first-order valence-corrected chi connectivity index (χ1v) is 9.14. The van der Waals surface area contributed by atoms with E-state index in [0.717, 1.165) is 25.1 Å². The van der Waals surface area contributed by atoms with Crippen LogP contribution in [0.3, 0.4) is 0 Å². The summed E-state index contributed by atoms with van der Waals surface area (Å²) in [6, 6.07) is 13.4. The van der Waals surface area contributed by atoms with Crippen LogP contribution >= 0.6 is 23.4 Å². The van der Waals surface area contributed by atoms with Crippen LogP contribution in [0.2, 0.25) is 5.02 Å². The maximum atomic E-state index is 12.6. The third-order valence-corrected chi connectivity index (χ3v) is 5.11. The third kappa shape index (κ3) is 3.01. The van der Waals surface area contributed by atoms with Crippen LogP contribution in [0.1, 0.15) is 12.0 Å². The second-order valence-corrected chi connectivity index (χ2v) is 7.02. The van der Waals surface area contributed by atoms with Crippen molar-refractivity contribution in [1.29, 1.82) is 0 Å². The van der Waals surface area contributed by atoms with Gasteiger partial charge in [-0.15, -0.1) is 0 Å². The molecule has 2 aromatic carbocycles. The molecule has 1 amide bonds. The highest BCUT2D eigenvalue weighted by molar-refractivity contribution is 7.99. The number of fused-ring (bicyclic) bond motifs is 2. The molecule has 0 bridgehead atoms. The number of thioether (sulfide) groups is 1. The summed E-state index contributed by atoms with van der Waals surface area (Å²) in [6.07, 6.45) is 2.02. The summed E-state index contributed by atoms with van der Waals surface area (Å²) in [4.78, 5) is 18.9. The number of aromatic nitrogens is 1. The number of nitrogens with zero attached hydrogens (tertiary/aromatic N) is 2. The zero-order valence-electron chi connectivity index (χ0n) is 12.9. The van der Waals surface area contributed by atoms with Crippen LogP contribution in [0.4, 0.5) is 5.69 Å². The van der Waals surface area contributed by atoms with Crippen molar-refractivity contribution in [3.63, 3.8) is 0 Å². The number of hydrogen-bond acceptors (Lipinski definition) is 4. The van der Waals surface area contributed by atoms with E-state index in [2.05, 4.69) is 11.1 Å². The first-order chi connectivity index (χ1) is 11.7. The standard InChI is InChI=1S/C18H15ClN2O2S/c19-13-7-8-16-14(10-13)20-18(23-16)24-11-17(22)21-9-3-5-12-4-1-2-6-15(12)21/h1-2,4,6-8,10H,3,5,9,11H2. The lowest BCUT2D eigenvalue weighted by Gasteiger charge is -2.29. The zero-order valence-corrected chi connectivity index (χ0v) is 14.4. The topological polar surface area (TPSA) is 46.3 Å². The molecule has 0 fully saturated rings. The number of benzene rings is 2. The molecule has 4 rings (SSSR count). The largest absolute Gasteiger partial charge is 0.431 e. The molecular weight excluding hydrogens is 344 g/mol. The van der Waals surface area contributed by atoms with E-state index in [1.54, 1.807) is 18.2 Å². The maximum absolute atomic E-state index is 12.6. The van der Waals surface area contributed by atoms with Gasteiger partial charge in [-0.05, 0) is 42.7 Å². The molecule has 1 aromatic heterocycles. The van der Waals surface area contributed by atoms with Gasteiger partial charge < -0.3 is 9.32 Å². The van der Waals surface area contributed by atoms with Crippen LogP contribution in [0.5, 0.6) is 0 Å². The van der Waals surface area contributed by atoms with Gasteiger partial charge >= 0.3 is 0 Å². The number of anilines is 1. The van der Waals surface area contributed by atoms with E-state index < -0.39 is 0 Å². The number of para-hydroxylation sites is 1. The smallest absolute Gasteiger partial charge is 0.257 e. The second kappa shape index (κ2) is 6.49. The average Bonchev–Trinajstić information content (AvgIpc) is 3.01. The molecule has 0 N–H and O–H groups in total. The Morgan fingerprint density at radius 2 is 2.17 bits per heavy atom. The number of aryl methyl sites for hydroxylation is 1. The predicted molar refractivity (Wildman–Crippen MR) is 96.9 cm³/mol. The van der Waals surface area contributed by atoms with Crippen molar-refractivity contribution in [3.8, 4) is 0 Å². The molecular formula is C18H15ClN2O2S. The summed E-state index contributed by atoms with van der Waals surface area (Å²) in [5.41, 5.74) is 3.65. The quantitative estimate of drug-likeness (QED) is 0.644. The number of hydrogen-bond donors (Lipinski definition) is 0. The summed E-state index contributed by atoms with van der Waals surface area (Å²) < 4.78 is 5.65. The molecule has 0 saturated heterocycles. The van der Waals surface area contributed by atoms with Gasteiger partial charge in [-0.1, -0.05) is 41.6 Å². The first-order valence-electron chi connectivity index (χ1n) is 7.78. The van der Waals surface area contributed by atoms with E-state index in [-0.39, 0.29) is 5.91 Å². The van der Waals surface area contributed by atoms with Gasteiger partial charge in [0.25, 0.3) is 5.22 Å². The Morgan fingerprint density at radius 1 is 1.29 bits per heavy atom. The summed E-state index contributed by atoms with van der Waals surface area (Å²) in [5, 5.41) is 1.11. The SMILES string of the molecule is O=C(CSc1nc2cc(Cl)ccc2o1)N1CCCc2ccccc21. The van der Waals surface area contributed by atoms with Gasteiger partial charge in [0.2, 0.25) is 5.91 Å². The van der Waals surface area contributed by atoms with E-state index in [0.29, 0.717) is 27.1 Å². The lowest BCUT2D eigenvalue weighted by atomic mass is 10.0. The van der Waals surface area contributed by atoms with Crippen LogP contribution in [0, 0.1) is 0 Å². The predicted octanol–water partition coefficient (Wildman–Crippen LogP) is 4.55. The third-order valence-electron chi connectivity index (χ3n) is 4.06. The minimum Gasteiger partial charge on any atom is -0.431 e. The van der Waals surface area contributed by atoms with Crippen molar-refractivity contribution in [1.82, 2.24) is 4.98 Å². The molecule has 0 radical (unpaired) electrons. The minimum absolute atomic E-state index is 0.0763. The number of rotatable bonds is 3. The van der Waals surface area contributed by atoms with Crippen LogP contribution in [-0.2, 0) is 11.2 Å². The van der Waals surface area contributed by atoms with E-state index >= 15 is 0 Å². The van der Waals surface area contributed by atoms with Gasteiger partial charge in [-0.25, -0.2) is 4.98 Å². The Bertz CT molecular complexity index is 909. The fourth-order valence-corrected chi connectivity index (χ4v) is 3.82. The fourth-order valence-electron chi connectivity index (χ4n) is 2.94. The molecule has 6 heteroatoms. The number of halogens is 1. The van der Waals surface area contributed by atoms with Gasteiger partial charge in [0.15, 0.2) is 5.58 Å². The van der Waals surface area contributed by atoms with Crippen molar-refractivity contribution >= 4 is 46.1 Å². The van der Waals surface area contributed by atoms with Crippen LogP contribution < -0.4 is 4.90 Å². The molecule has 0 unspecified atom stereocenters. The first kappa shape index (κ1) is 15.5. The molecule has 1 aliphatic heterocycles. The molecule has 122 valence electrons. The van der Waals surface area contributed by atoms with Gasteiger partial charge in [0.05, 0.1) is 5.75 Å². The van der Waals surface area contributed by atoms with Crippen LogP contribution in [0.25, 0.3) is 11.1 Å². The number of carbonyl (C=O) groups is 1. The summed E-state index contributed by atoms with van der Waals surface area (Å²) in [7, 11) is 0. The summed E-state index contributed by atoms with van der Waals surface area (Å²) in [5.74, 6) is 0.377. The zero-order chi connectivity index (χ0) is 16.5. The highest BCUT2D eigenvalue weighted by Crippen LogP contribution is 2.29. The van der Waals surface area contributed by atoms with Crippen molar-refractivity contribution in [2.24, 2.45) is 0 Å². The van der Waals surface area contributed by atoms with Crippen LogP contribution in [-0.4, -0.2) is 23.2 Å². The van der Waals surface area contributed by atoms with Crippen molar-refractivity contribution in [2.75, 3.05) is 17.2 Å². The Labute approximate surface area is 148 Å². The van der Waals surface area contributed by atoms with Crippen LogP contribution in [0.15, 0.2) is 52.1 Å². The molecule has 0 atom stereocenters. The molecule has 0 spiro atoms. The molecule has 4 nitrogen and oxygen atoms in total. The van der Waals surface area contributed by atoms with Gasteiger partial charge in [-0.3, -0.25) is 4.79 Å². The Morgan fingerprint density at radius 3 is 3.08 bits per heavy atom. The lowest BCUT2D eigenvalue weighted by molar-refractivity contribution is -0.116. The van der Waals surface area contributed by atoms with Crippen molar-refractivity contribution in [3.05, 3.63) is 53.1 Å². The van der Waals surface area contributed by atoms with Gasteiger partial charge in [0, 0.05) is 17.3 Å². The van der Waals surface area contributed by atoms with Crippen molar-refractivity contribution < 1.29 is 9.21 Å². The lowest BCUT2D eigenvalue weighted by Crippen LogP contribution is -2.36. The fraction of sp³-hybridized carbons (Fsp3) is 0.222. The Kier molecular flexibility index (Phi) is 4.21. The molecule has 2 heterocycles. The highest BCUT2D eigenvalue weighted by Gasteiger charge is 2.22. The maximum Gasteiger partial charge on any atom is 0.257 e. The van der Waals surface area contributed by atoms with E-state index in [1.165, 1.54) is 17.3 Å². The summed E-state index contributed by atoms with van der Waals surface area (Å²) >= 11 is 7.27. The molecule has 0 saturated carbocycles. The van der Waals surface area contributed by atoms with E-state index in [1.807, 2.05) is 23.1 Å². The number of amides is 1. The van der Waals surface area contributed by atoms with Gasteiger partial charge in [-0.2, -0.15) is 0 Å². The minimum atomic E-state index is 0.0763. The average molecular weight is 359 g/mol. The highest BCUT2D eigenvalue weighted by atomic mass is 35.5. The van der Waals surface area contributed by atoms with Crippen molar-refractivity contribution in [2.45, 2.75) is 18.1 Å². The van der Waals surface area contributed by atoms with Gasteiger partial charge in [0.1, 0.15) is 5.52 Å². The summed E-state index contributed by atoms with van der Waals surface area (Å²) in [6.45, 7) is 0.763. The monoisotopic (exact) mass is 358 g/mol. The molecule has 3 aromatic rings. The van der Waals surface area contributed by atoms with E-state index in [4.69, 9.17) is 16.0 Å². The van der Waals surface area contributed by atoms with E-state index in [9.17, 15) is 4.79 Å². The molecule has 24 heavy (non-hydrogen) atoms. The Balaban J connectivity index is 1.48. The molecule has 0 aliphatic carbocycles. The second-order valence-electron chi connectivity index (χ2n) is 5.66. The molecule has 1 aliphatic rings. The normalized spacial score (nSPS) is 14.0. The Hall–Kier alpha value is -1.98. The number of oxazole rings is 1. The number of carbonyl (C=O) groups excluding carboxylic acids is 1.